The predicted octanol–water partition coefficient (Wildman–Crippen LogP) is 12.3. The molecule has 0 rings (SSSR count). The molecule has 0 spiro atoms. The first-order valence-corrected chi connectivity index (χ1v) is 20.4. The van der Waals surface area contributed by atoms with E-state index in [-0.39, 0.29) is 12.5 Å². The number of rotatable bonds is 37. The molecule has 0 aromatic carbocycles. The molecule has 2 unspecified atom stereocenters. The van der Waals surface area contributed by atoms with Gasteiger partial charge in [-0.3, -0.25) is 4.79 Å². The normalized spacial score (nSPS) is 13.1. The highest BCUT2D eigenvalue weighted by atomic mass is 16.3. The Hall–Kier alpha value is -0.870. The summed E-state index contributed by atoms with van der Waals surface area (Å²) in [6, 6.07) is -0.615. The van der Waals surface area contributed by atoms with Gasteiger partial charge in [0, 0.05) is 6.42 Å². The second-order valence-corrected chi connectivity index (χ2v) is 14.1. The summed E-state index contributed by atoms with van der Waals surface area (Å²) in [6.45, 7) is 4.32. The van der Waals surface area contributed by atoms with Gasteiger partial charge in [-0.15, -0.1) is 0 Å². The third kappa shape index (κ3) is 34.3. The number of aliphatic hydroxyl groups excluding tert-OH is 2. The number of carbonyl (C=O) groups is 1. The molecule has 2 atom stereocenters. The van der Waals surface area contributed by atoms with Gasteiger partial charge in [0.25, 0.3) is 0 Å². The van der Waals surface area contributed by atoms with Crippen LogP contribution >= 0.6 is 0 Å². The Morgan fingerprint density at radius 1 is 0.511 bits per heavy atom. The van der Waals surface area contributed by atoms with Crippen LogP contribution in [0.25, 0.3) is 0 Å². The van der Waals surface area contributed by atoms with Crippen molar-refractivity contribution in [2.75, 3.05) is 6.61 Å². The average Bonchev–Trinajstić information content (AvgIpc) is 3.04. The van der Waals surface area contributed by atoms with Crippen LogP contribution in [-0.4, -0.2) is 34.9 Å². The fourth-order valence-corrected chi connectivity index (χ4v) is 6.35. The van der Waals surface area contributed by atoms with E-state index < -0.39 is 12.1 Å². The van der Waals surface area contributed by atoms with Crippen molar-refractivity contribution in [1.82, 2.24) is 5.32 Å². The molecule has 0 saturated heterocycles. The molecule has 0 saturated carbocycles. The summed E-state index contributed by atoms with van der Waals surface area (Å²) in [4.78, 5) is 12.3. The summed E-state index contributed by atoms with van der Waals surface area (Å²) in [7, 11) is 0. The smallest absolute Gasteiger partial charge is 0.220 e. The second-order valence-electron chi connectivity index (χ2n) is 14.1. The van der Waals surface area contributed by atoms with Crippen LogP contribution in [0.15, 0.2) is 12.2 Å². The first-order chi connectivity index (χ1) is 22.2. The number of aliphatic hydroxyl groups is 2. The maximum Gasteiger partial charge on any atom is 0.220 e. The van der Waals surface area contributed by atoms with E-state index in [1.165, 1.54) is 180 Å². The Balaban J connectivity index is 3.54. The van der Waals surface area contributed by atoms with E-state index in [1.54, 1.807) is 6.08 Å². The molecule has 268 valence electrons. The Morgan fingerprint density at radius 3 is 1.16 bits per heavy atom. The SMILES string of the molecule is CCCCCCCCCCCCCCCCCCCC/C=C/C(O)C(CO)NC(=O)CCCCCCCCCCCCCCC. The van der Waals surface area contributed by atoms with Crippen molar-refractivity contribution in [3.8, 4) is 0 Å². The summed E-state index contributed by atoms with van der Waals surface area (Å²) in [5.74, 6) is -0.0620. The first-order valence-electron chi connectivity index (χ1n) is 20.4. The summed E-state index contributed by atoms with van der Waals surface area (Å²) in [5.41, 5.74) is 0. The fourth-order valence-electron chi connectivity index (χ4n) is 6.35. The number of amides is 1. The minimum atomic E-state index is -0.832. The Bertz CT molecular complexity index is 608. The summed E-state index contributed by atoms with van der Waals surface area (Å²) >= 11 is 0. The van der Waals surface area contributed by atoms with Gasteiger partial charge in [0.2, 0.25) is 5.91 Å². The molecule has 45 heavy (non-hydrogen) atoms. The molecule has 0 aromatic heterocycles. The predicted molar refractivity (Wildman–Crippen MR) is 198 cm³/mol. The highest BCUT2D eigenvalue weighted by molar-refractivity contribution is 5.76. The molecule has 0 aromatic rings. The minimum absolute atomic E-state index is 0.0620. The maximum absolute atomic E-state index is 12.3. The van der Waals surface area contributed by atoms with Crippen molar-refractivity contribution in [2.45, 2.75) is 238 Å². The molecule has 0 aliphatic carbocycles. The van der Waals surface area contributed by atoms with E-state index in [0.717, 1.165) is 25.7 Å². The van der Waals surface area contributed by atoms with Crippen LogP contribution in [0, 0.1) is 0 Å². The molecular formula is C41H81NO3. The monoisotopic (exact) mass is 636 g/mol. The van der Waals surface area contributed by atoms with Crippen molar-refractivity contribution in [3.05, 3.63) is 12.2 Å². The van der Waals surface area contributed by atoms with E-state index in [2.05, 4.69) is 19.2 Å². The third-order valence-corrected chi connectivity index (χ3v) is 9.52. The molecule has 0 bridgehead atoms. The summed E-state index contributed by atoms with van der Waals surface area (Å²) < 4.78 is 0. The highest BCUT2D eigenvalue weighted by Crippen LogP contribution is 2.16. The molecule has 0 radical (unpaired) electrons. The van der Waals surface area contributed by atoms with E-state index in [1.807, 2.05) is 6.08 Å². The molecule has 0 fully saturated rings. The molecule has 4 nitrogen and oxygen atoms in total. The summed E-state index contributed by atoms with van der Waals surface area (Å²) in [5, 5.41) is 22.9. The standard InChI is InChI=1S/C41H81NO3/c1-3-5-7-9-11-13-15-17-18-19-20-21-22-23-25-26-28-30-32-34-36-40(44)39(38-43)42-41(45)37-35-33-31-29-27-24-16-14-12-10-8-6-4-2/h34,36,39-40,43-44H,3-33,35,37-38H2,1-2H3,(H,42,45)/b36-34+. The molecule has 0 aliphatic heterocycles. The molecule has 3 N–H and O–H groups in total. The van der Waals surface area contributed by atoms with Gasteiger partial charge in [-0.2, -0.15) is 0 Å². The van der Waals surface area contributed by atoms with Crippen molar-refractivity contribution in [3.63, 3.8) is 0 Å². The lowest BCUT2D eigenvalue weighted by atomic mass is 10.0. The van der Waals surface area contributed by atoms with Gasteiger partial charge in [0.15, 0.2) is 0 Å². The van der Waals surface area contributed by atoms with Gasteiger partial charge >= 0.3 is 0 Å². The van der Waals surface area contributed by atoms with Crippen LogP contribution in [-0.2, 0) is 4.79 Å². The van der Waals surface area contributed by atoms with Gasteiger partial charge < -0.3 is 15.5 Å². The van der Waals surface area contributed by atoms with Gasteiger partial charge in [-0.25, -0.2) is 0 Å². The van der Waals surface area contributed by atoms with Crippen LogP contribution in [0.4, 0.5) is 0 Å². The van der Waals surface area contributed by atoms with Crippen LogP contribution < -0.4 is 5.32 Å². The lowest BCUT2D eigenvalue weighted by Crippen LogP contribution is -2.45. The summed E-state index contributed by atoms with van der Waals surface area (Å²) in [6.07, 6.45) is 45.9. The van der Waals surface area contributed by atoms with E-state index >= 15 is 0 Å². The van der Waals surface area contributed by atoms with Gasteiger partial charge in [-0.05, 0) is 19.3 Å². The van der Waals surface area contributed by atoms with Crippen LogP contribution in [0.2, 0.25) is 0 Å². The van der Waals surface area contributed by atoms with E-state index in [9.17, 15) is 15.0 Å². The topological polar surface area (TPSA) is 69.6 Å². The van der Waals surface area contributed by atoms with Gasteiger partial charge in [0.05, 0.1) is 18.8 Å². The zero-order chi connectivity index (χ0) is 32.9. The van der Waals surface area contributed by atoms with Crippen LogP contribution in [0.3, 0.4) is 0 Å². The minimum Gasteiger partial charge on any atom is -0.394 e. The molecule has 4 heteroatoms. The van der Waals surface area contributed by atoms with Crippen molar-refractivity contribution in [2.24, 2.45) is 0 Å². The average molecular weight is 636 g/mol. The maximum atomic E-state index is 12.3. The van der Waals surface area contributed by atoms with E-state index in [0.29, 0.717) is 6.42 Å². The van der Waals surface area contributed by atoms with Gasteiger partial charge in [0.1, 0.15) is 0 Å². The number of hydrogen-bond acceptors (Lipinski definition) is 3. The Morgan fingerprint density at radius 2 is 0.822 bits per heavy atom. The van der Waals surface area contributed by atoms with Crippen LogP contribution in [0.5, 0.6) is 0 Å². The van der Waals surface area contributed by atoms with Crippen LogP contribution in [0.1, 0.15) is 226 Å². The number of unbranched alkanes of at least 4 members (excludes halogenated alkanes) is 30. The van der Waals surface area contributed by atoms with Crippen molar-refractivity contribution >= 4 is 5.91 Å². The largest absolute Gasteiger partial charge is 0.394 e. The van der Waals surface area contributed by atoms with Crippen molar-refractivity contribution in [1.29, 1.82) is 0 Å². The lowest BCUT2D eigenvalue weighted by Gasteiger charge is -2.20. The van der Waals surface area contributed by atoms with Gasteiger partial charge in [-0.1, -0.05) is 212 Å². The molecular weight excluding hydrogens is 554 g/mol. The van der Waals surface area contributed by atoms with Crippen molar-refractivity contribution < 1.29 is 15.0 Å². The molecule has 0 heterocycles. The zero-order valence-electron chi connectivity index (χ0n) is 30.7. The Labute approximate surface area is 282 Å². The fraction of sp³-hybridized carbons (Fsp3) is 0.927. The second kappa shape index (κ2) is 37.6. The molecule has 1 amide bonds. The first kappa shape index (κ1) is 44.1. The lowest BCUT2D eigenvalue weighted by molar-refractivity contribution is -0.123. The number of nitrogens with one attached hydrogen (secondary N) is 1. The Kier molecular flexibility index (Phi) is 36.9. The highest BCUT2D eigenvalue weighted by Gasteiger charge is 2.17. The third-order valence-electron chi connectivity index (χ3n) is 9.52. The zero-order valence-corrected chi connectivity index (χ0v) is 30.7. The number of carbonyl (C=O) groups excluding carboxylic acids is 1. The number of allylic oxidation sites excluding steroid dienone is 1. The quantitative estimate of drug-likeness (QED) is 0.0470. The van der Waals surface area contributed by atoms with E-state index in [4.69, 9.17) is 0 Å². The number of hydrogen-bond donors (Lipinski definition) is 3. The molecule has 0 aliphatic rings.